The molecule has 0 unspecified atom stereocenters. The van der Waals surface area contributed by atoms with Crippen molar-refractivity contribution in [1.82, 2.24) is 4.98 Å². The number of rotatable bonds is 2. The molecule has 3 rings (SSSR count). The minimum absolute atomic E-state index is 0.157. The van der Waals surface area contributed by atoms with E-state index in [-0.39, 0.29) is 5.54 Å². The fourth-order valence-electron chi connectivity index (χ4n) is 2.09. The summed E-state index contributed by atoms with van der Waals surface area (Å²) in [7, 11) is 1.67. The molecule has 82 valence electrons. The summed E-state index contributed by atoms with van der Waals surface area (Å²) in [5.74, 6) is 0.831. The lowest BCUT2D eigenvalue weighted by Gasteiger charge is -2.14. The zero-order valence-corrected chi connectivity index (χ0v) is 9.23. The molecule has 0 aliphatic heterocycles. The van der Waals surface area contributed by atoms with Gasteiger partial charge in [-0.2, -0.15) is 0 Å². The predicted molar refractivity (Wildman–Crippen MR) is 63.4 cm³/mol. The Morgan fingerprint density at radius 2 is 2.19 bits per heavy atom. The molecule has 1 aliphatic rings. The number of hydrogen-bond donors (Lipinski definition) is 1. The molecule has 3 nitrogen and oxygen atoms in total. The monoisotopic (exact) mass is 214 g/mol. The van der Waals surface area contributed by atoms with E-state index in [1.807, 2.05) is 18.2 Å². The van der Waals surface area contributed by atoms with E-state index in [0.29, 0.717) is 0 Å². The number of aromatic nitrogens is 1. The summed E-state index contributed by atoms with van der Waals surface area (Å²) in [6.07, 6.45) is 3.88. The molecule has 16 heavy (non-hydrogen) atoms. The number of methoxy groups -OCH3 is 1. The van der Waals surface area contributed by atoms with Crippen LogP contribution in [0.5, 0.6) is 5.75 Å². The summed E-state index contributed by atoms with van der Waals surface area (Å²) < 4.78 is 5.29. The van der Waals surface area contributed by atoms with Crippen molar-refractivity contribution in [2.24, 2.45) is 5.73 Å². The molecule has 0 saturated heterocycles. The van der Waals surface area contributed by atoms with E-state index < -0.39 is 0 Å². The van der Waals surface area contributed by atoms with Gasteiger partial charge in [-0.15, -0.1) is 0 Å². The molecule has 3 heteroatoms. The van der Waals surface area contributed by atoms with E-state index in [1.165, 1.54) is 0 Å². The van der Waals surface area contributed by atoms with E-state index >= 15 is 0 Å². The van der Waals surface area contributed by atoms with Gasteiger partial charge in [-0.3, -0.25) is 4.98 Å². The molecule has 0 radical (unpaired) electrons. The topological polar surface area (TPSA) is 48.1 Å². The molecule has 2 N–H and O–H groups in total. The third-order valence-corrected chi connectivity index (χ3v) is 3.26. The number of benzene rings is 1. The summed E-state index contributed by atoms with van der Waals surface area (Å²) in [5.41, 5.74) is 8.23. The van der Waals surface area contributed by atoms with Crippen molar-refractivity contribution in [3.05, 3.63) is 36.0 Å². The normalized spacial score (nSPS) is 17.4. The van der Waals surface area contributed by atoms with Gasteiger partial charge in [0.1, 0.15) is 5.75 Å². The fourth-order valence-corrected chi connectivity index (χ4v) is 2.09. The average molecular weight is 214 g/mol. The minimum atomic E-state index is -0.157. The first-order chi connectivity index (χ1) is 7.73. The molecule has 0 amide bonds. The second-order valence-corrected chi connectivity index (χ2v) is 4.40. The molecule has 0 bridgehead atoms. The first-order valence-corrected chi connectivity index (χ1v) is 5.45. The SMILES string of the molecule is COc1cc(C2(N)CC2)c2cccnc2c1. The van der Waals surface area contributed by atoms with Crippen LogP contribution in [-0.4, -0.2) is 12.1 Å². The Bertz CT molecular complexity index is 547. The third-order valence-electron chi connectivity index (χ3n) is 3.26. The predicted octanol–water partition coefficient (Wildman–Crippen LogP) is 2.19. The molecule has 1 fully saturated rings. The fraction of sp³-hybridized carbons (Fsp3) is 0.308. The van der Waals surface area contributed by atoms with Crippen LogP contribution in [0.4, 0.5) is 0 Å². The number of nitrogens with zero attached hydrogens (tertiary/aromatic N) is 1. The van der Waals surface area contributed by atoms with E-state index in [0.717, 1.165) is 35.1 Å². The molecule has 1 saturated carbocycles. The van der Waals surface area contributed by atoms with Crippen LogP contribution >= 0.6 is 0 Å². The molecular weight excluding hydrogens is 200 g/mol. The smallest absolute Gasteiger partial charge is 0.121 e. The van der Waals surface area contributed by atoms with E-state index in [9.17, 15) is 0 Å². The second kappa shape index (κ2) is 3.19. The van der Waals surface area contributed by atoms with Crippen LogP contribution in [0.3, 0.4) is 0 Å². The van der Waals surface area contributed by atoms with Crippen molar-refractivity contribution in [2.75, 3.05) is 7.11 Å². The number of fused-ring (bicyclic) bond motifs is 1. The molecule has 0 spiro atoms. The van der Waals surface area contributed by atoms with Crippen LogP contribution in [0.15, 0.2) is 30.5 Å². The first kappa shape index (κ1) is 9.60. The van der Waals surface area contributed by atoms with Gasteiger partial charge in [0.25, 0.3) is 0 Å². The summed E-state index contributed by atoms with van der Waals surface area (Å²) in [6.45, 7) is 0. The lowest BCUT2D eigenvalue weighted by molar-refractivity contribution is 0.414. The van der Waals surface area contributed by atoms with Crippen molar-refractivity contribution in [3.8, 4) is 5.75 Å². The maximum atomic E-state index is 6.27. The first-order valence-electron chi connectivity index (χ1n) is 5.45. The van der Waals surface area contributed by atoms with Gasteiger partial charge in [0.15, 0.2) is 0 Å². The van der Waals surface area contributed by atoms with Crippen LogP contribution in [0, 0.1) is 0 Å². The van der Waals surface area contributed by atoms with Gasteiger partial charge in [-0.25, -0.2) is 0 Å². The van der Waals surface area contributed by atoms with Crippen molar-refractivity contribution in [3.63, 3.8) is 0 Å². The van der Waals surface area contributed by atoms with Gasteiger partial charge in [0.05, 0.1) is 12.6 Å². The third kappa shape index (κ3) is 1.36. The van der Waals surface area contributed by atoms with Gasteiger partial charge in [0, 0.05) is 23.2 Å². The molecule has 1 aliphatic carbocycles. The van der Waals surface area contributed by atoms with Gasteiger partial charge in [0.2, 0.25) is 0 Å². The van der Waals surface area contributed by atoms with Crippen molar-refractivity contribution in [2.45, 2.75) is 18.4 Å². The van der Waals surface area contributed by atoms with Crippen LogP contribution in [0.1, 0.15) is 18.4 Å². The van der Waals surface area contributed by atoms with E-state index in [1.54, 1.807) is 13.3 Å². The number of nitrogens with two attached hydrogens (primary N) is 1. The minimum Gasteiger partial charge on any atom is -0.497 e. The molecule has 2 aromatic rings. The Balaban J connectivity index is 2.31. The Kier molecular flexibility index (Phi) is 1.91. The maximum Gasteiger partial charge on any atom is 0.121 e. The number of pyridine rings is 1. The standard InChI is InChI=1S/C13H14N2O/c1-16-9-7-11(13(14)4-5-13)10-3-2-6-15-12(10)8-9/h2-3,6-8H,4-5,14H2,1H3. The van der Waals surface area contributed by atoms with E-state index in [2.05, 4.69) is 11.1 Å². The number of hydrogen-bond acceptors (Lipinski definition) is 3. The summed E-state index contributed by atoms with van der Waals surface area (Å²) >= 11 is 0. The molecule has 0 atom stereocenters. The van der Waals surface area contributed by atoms with Crippen LogP contribution in [0.25, 0.3) is 10.9 Å². The lowest BCUT2D eigenvalue weighted by atomic mass is 9.99. The Morgan fingerprint density at radius 3 is 2.88 bits per heavy atom. The highest BCUT2D eigenvalue weighted by molar-refractivity contribution is 5.85. The zero-order valence-electron chi connectivity index (χ0n) is 9.23. The molecule has 1 aromatic heterocycles. The Hall–Kier alpha value is -1.61. The zero-order chi connectivity index (χ0) is 11.2. The maximum absolute atomic E-state index is 6.27. The quantitative estimate of drug-likeness (QED) is 0.833. The highest BCUT2D eigenvalue weighted by Gasteiger charge is 2.41. The van der Waals surface area contributed by atoms with Gasteiger partial charge >= 0.3 is 0 Å². The lowest BCUT2D eigenvalue weighted by Crippen LogP contribution is -2.19. The number of ether oxygens (including phenoxy) is 1. The second-order valence-electron chi connectivity index (χ2n) is 4.40. The van der Waals surface area contributed by atoms with Crippen molar-refractivity contribution >= 4 is 10.9 Å². The largest absolute Gasteiger partial charge is 0.497 e. The molecule has 1 heterocycles. The molecule has 1 aromatic carbocycles. The highest BCUT2D eigenvalue weighted by atomic mass is 16.5. The van der Waals surface area contributed by atoms with Gasteiger partial charge < -0.3 is 10.5 Å². The summed E-state index contributed by atoms with van der Waals surface area (Å²) in [4.78, 5) is 4.36. The van der Waals surface area contributed by atoms with Gasteiger partial charge in [-0.05, 0) is 30.5 Å². The van der Waals surface area contributed by atoms with Crippen LogP contribution in [-0.2, 0) is 5.54 Å². The summed E-state index contributed by atoms with van der Waals surface area (Å²) in [5, 5.41) is 1.14. The highest BCUT2D eigenvalue weighted by Crippen LogP contribution is 2.46. The van der Waals surface area contributed by atoms with Crippen LogP contribution in [0.2, 0.25) is 0 Å². The average Bonchev–Trinajstić information content (AvgIpc) is 3.07. The Labute approximate surface area is 94.2 Å². The van der Waals surface area contributed by atoms with Crippen molar-refractivity contribution < 1.29 is 4.74 Å². The van der Waals surface area contributed by atoms with E-state index in [4.69, 9.17) is 10.5 Å². The van der Waals surface area contributed by atoms with Crippen molar-refractivity contribution in [1.29, 1.82) is 0 Å². The Morgan fingerprint density at radius 1 is 1.38 bits per heavy atom. The summed E-state index contributed by atoms with van der Waals surface area (Å²) in [6, 6.07) is 8.01. The van der Waals surface area contributed by atoms with Gasteiger partial charge in [-0.1, -0.05) is 6.07 Å². The van der Waals surface area contributed by atoms with Crippen LogP contribution < -0.4 is 10.5 Å². The molecular formula is C13H14N2O.